The maximum Gasteiger partial charge on any atom is 0.268 e. The largest absolute Gasteiger partial charge is 0.351 e. The number of aromatic nitrogens is 1. The third kappa shape index (κ3) is 4.69. The van der Waals surface area contributed by atoms with Crippen LogP contribution >= 0.6 is 0 Å². The predicted molar refractivity (Wildman–Crippen MR) is 114 cm³/mol. The number of benzene rings is 1. The van der Waals surface area contributed by atoms with Gasteiger partial charge in [-0.05, 0) is 38.3 Å². The fourth-order valence-electron chi connectivity index (χ4n) is 4.32. The first-order valence-corrected chi connectivity index (χ1v) is 10.6. The van der Waals surface area contributed by atoms with Gasteiger partial charge in [-0.3, -0.25) is 14.4 Å². The van der Waals surface area contributed by atoms with Crippen molar-refractivity contribution in [2.45, 2.75) is 64.5 Å². The molecule has 2 aromatic rings. The molecule has 3 rings (SSSR count). The van der Waals surface area contributed by atoms with E-state index in [0.29, 0.717) is 12.1 Å². The average Bonchev–Trinajstić information content (AvgIpc) is 3.30. The van der Waals surface area contributed by atoms with E-state index < -0.39 is 6.04 Å². The Labute approximate surface area is 172 Å². The van der Waals surface area contributed by atoms with E-state index in [4.69, 9.17) is 0 Å². The van der Waals surface area contributed by atoms with Crippen molar-refractivity contribution in [2.24, 2.45) is 13.0 Å². The molecule has 1 aromatic carbocycles. The molecule has 3 atom stereocenters. The first-order chi connectivity index (χ1) is 13.9. The summed E-state index contributed by atoms with van der Waals surface area (Å²) in [4.78, 5) is 37.8. The molecule has 0 aliphatic heterocycles. The van der Waals surface area contributed by atoms with Crippen LogP contribution in [0, 0.1) is 5.92 Å². The number of hydrogen-bond donors (Lipinski definition) is 2. The van der Waals surface area contributed by atoms with E-state index >= 15 is 0 Å². The minimum atomic E-state index is -0.603. The molecule has 0 radical (unpaired) electrons. The van der Waals surface area contributed by atoms with Gasteiger partial charge in [0, 0.05) is 29.9 Å². The number of carbonyl (C=O) groups excluding carboxylic acids is 3. The van der Waals surface area contributed by atoms with Gasteiger partial charge in [-0.2, -0.15) is 0 Å². The standard InChI is InChI=1S/C23H31N3O3/c1-4-5-11-19(22(28)24-18-12-8-10-17(18)15(2)27)25-23(29)21-14-16-9-6-7-13-20(16)26(21)3/h6-7,9,13-14,17-19H,4-5,8,10-12H2,1-3H3,(H,24,28)(H,25,29)/t17-,18?,19-/m0/s1. The van der Waals surface area contributed by atoms with E-state index in [2.05, 4.69) is 17.6 Å². The second-order valence-corrected chi connectivity index (χ2v) is 8.08. The van der Waals surface area contributed by atoms with Gasteiger partial charge in [-0.25, -0.2) is 0 Å². The molecule has 6 heteroatoms. The minimum absolute atomic E-state index is 0.111. The molecule has 0 saturated heterocycles. The summed E-state index contributed by atoms with van der Waals surface area (Å²) in [7, 11) is 1.86. The molecule has 1 aliphatic rings. The van der Waals surface area contributed by atoms with Gasteiger partial charge in [0.2, 0.25) is 5.91 Å². The third-order valence-electron chi connectivity index (χ3n) is 6.02. The van der Waals surface area contributed by atoms with Gasteiger partial charge in [0.25, 0.3) is 5.91 Å². The van der Waals surface area contributed by atoms with Crippen LogP contribution in [0.25, 0.3) is 10.9 Å². The van der Waals surface area contributed by atoms with E-state index in [-0.39, 0.29) is 29.6 Å². The Morgan fingerprint density at radius 3 is 2.66 bits per heavy atom. The van der Waals surface area contributed by atoms with Crippen molar-refractivity contribution in [3.05, 3.63) is 36.0 Å². The number of unbranched alkanes of at least 4 members (excludes halogenated alkanes) is 1. The summed E-state index contributed by atoms with van der Waals surface area (Å²) >= 11 is 0. The lowest BCUT2D eigenvalue weighted by molar-refractivity contribution is -0.125. The Balaban J connectivity index is 1.73. The monoisotopic (exact) mass is 397 g/mol. The molecule has 2 amide bonds. The molecule has 1 aliphatic carbocycles. The summed E-state index contributed by atoms with van der Waals surface area (Å²) in [6, 6.07) is 8.93. The Bertz CT molecular complexity index is 902. The first-order valence-electron chi connectivity index (χ1n) is 10.6. The maximum atomic E-state index is 13.0. The molecule has 1 heterocycles. The van der Waals surface area contributed by atoms with Gasteiger partial charge in [-0.15, -0.1) is 0 Å². The van der Waals surface area contributed by atoms with Crippen molar-refractivity contribution >= 4 is 28.5 Å². The minimum Gasteiger partial charge on any atom is -0.351 e. The highest BCUT2D eigenvalue weighted by Gasteiger charge is 2.33. The number of Topliss-reactive ketones (excluding diaryl/α,β-unsaturated/α-hetero) is 1. The molecule has 2 N–H and O–H groups in total. The number of fused-ring (bicyclic) bond motifs is 1. The van der Waals surface area contributed by atoms with Gasteiger partial charge in [-0.1, -0.05) is 44.4 Å². The number of nitrogens with zero attached hydrogens (tertiary/aromatic N) is 1. The van der Waals surface area contributed by atoms with Crippen molar-refractivity contribution in [1.82, 2.24) is 15.2 Å². The molecule has 1 aromatic heterocycles. The number of ketones is 1. The topological polar surface area (TPSA) is 80.2 Å². The number of hydrogen-bond acceptors (Lipinski definition) is 3. The van der Waals surface area contributed by atoms with Gasteiger partial charge in [0.15, 0.2) is 0 Å². The highest BCUT2D eigenvalue weighted by Crippen LogP contribution is 2.26. The molecule has 0 spiro atoms. The lowest BCUT2D eigenvalue weighted by atomic mass is 9.98. The van der Waals surface area contributed by atoms with Crippen LogP contribution in [0.1, 0.15) is 62.9 Å². The average molecular weight is 398 g/mol. The third-order valence-corrected chi connectivity index (χ3v) is 6.02. The Morgan fingerprint density at radius 1 is 1.21 bits per heavy atom. The van der Waals surface area contributed by atoms with Crippen molar-refractivity contribution in [2.75, 3.05) is 0 Å². The van der Waals surface area contributed by atoms with Crippen molar-refractivity contribution in [3.8, 4) is 0 Å². The van der Waals surface area contributed by atoms with Gasteiger partial charge >= 0.3 is 0 Å². The second-order valence-electron chi connectivity index (χ2n) is 8.08. The molecule has 1 saturated carbocycles. The number of amides is 2. The molecular weight excluding hydrogens is 366 g/mol. The van der Waals surface area contributed by atoms with Crippen LogP contribution in [-0.4, -0.2) is 34.2 Å². The lowest BCUT2D eigenvalue weighted by Gasteiger charge is -2.24. The highest BCUT2D eigenvalue weighted by molar-refractivity contribution is 6.00. The molecule has 6 nitrogen and oxygen atoms in total. The summed E-state index contributed by atoms with van der Waals surface area (Å²) in [5.41, 5.74) is 1.51. The Kier molecular flexibility index (Phi) is 6.72. The van der Waals surface area contributed by atoms with E-state index in [1.807, 2.05) is 41.9 Å². The van der Waals surface area contributed by atoms with Crippen molar-refractivity contribution in [1.29, 1.82) is 0 Å². The summed E-state index contributed by atoms with van der Waals surface area (Å²) < 4.78 is 1.85. The Morgan fingerprint density at radius 2 is 1.97 bits per heavy atom. The number of aryl methyl sites for hydroxylation is 1. The van der Waals surface area contributed by atoms with E-state index in [1.54, 1.807) is 6.92 Å². The van der Waals surface area contributed by atoms with Crippen LogP contribution in [0.3, 0.4) is 0 Å². The number of nitrogens with one attached hydrogen (secondary N) is 2. The Hall–Kier alpha value is -2.63. The summed E-state index contributed by atoms with van der Waals surface area (Å²) in [6.45, 7) is 3.65. The van der Waals surface area contributed by atoms with E-state index in [9.17, 15) is 14.4 Å². The molecule has 1 unspecified atom stereocenters. The molecular formula is C23H31N3O3. The summed E-state index contributed by atoms with van der Waals surface area (Å²) in [6.07, 6.45) is 4.93. The quantitative estimate of drug-likeness (QED) is 0.717. The zero-order valence-corrected chi connectivity index (χ0v) is 17.5. The fourth-order valence-corrected chi connectivity index (χ4v) is 4.32. The molecule has 1 fully saturated rings. The molecule has 0 bridgehead atoms. The van der Waals surface area contributed by atoms with Crippen molar-refractivity contribution in [3.63, 3.8) is 0 Å². The first kappa shape index (κ1) is 21.1. The summed E-state index contributed by atoms with van der Waals surface area (Å²) in [5.74, 6) is -0.435. The zero-order valence-electron chi connectivity index (χ0n) is 17.5. The molecule has 156 valence electrons. The van der Waals surface area contributed by atoms with E-state index in [1.165, 1.54) is 0 Å². The van der Waals surface area contributed by atoms with Crippen LogP contribution in [0.15, 0.2) is 30.3 Å². The van der Waals surface area contributed by atoms with Gasteiger partial charge in [0.05, 0.1) is 0 Å². The second kappa shape index (κ2) is 9.25. The number of carbonyl (C=O) groups is 3. The SMILES string of the molecule is CCCC[C@H](NC(=O)c1cc2ccccc2n1C)C(=O)NC1CCC[C@H]1C(C)=O. The predicted octanol–water partition coefficient (Wildman–Crippen LogP) is 3.34. The molecule has 29 heavy (non-hydrogen) atoms. The number of para-hydroxylation sites is 1. The normalized spacial score (nSPS) is 19.8. The smallest absolute Gasteiger partial charge is 0.268 e. The summed E-state index contributed by atoms with van der Waals surface area (Å²) in [5, 5.41) is 6.96. The lowest BCUT2D eigenvalue weighted by Crippen LogP contribution is -2.51. The van der Waals surface area contributed by atoms with Crippen LogP contribution in [-0.2, 0) is 16.6 Å². The van der Waals surface area contributed by atoms with Gasteiger partial charge in [0.1, 0.15) is 17.5 Å². The van der Waals surface area contributed by atoms with Crippen LogP contribution in [0.4, 0.5) is 0 Å². The number of rotatable bonds is 8. The van der Waals surface area contributed by atoms with Crippen LogP contribution in [0.5, 0.6) is 0 Å². The highest BCUT2D eigenvalue weighted by atomic mass is 16.2. The van der Waals surface area contributed by atoms with Crippen LogP contribution in [0.2, 0.25) is 0 Å². The fraction of sp³-hybridized carbons (Fsp3) is 0.522. The zero-order chi connectivity index (χ0) is 21.0. The van der Waals surface area contributed by atoms with Crippen LogP contribution < -0.4 is 10.6 Å². The van der Waals surface area contributed by atoms with Crippen molar-refractivity contribution < 1.29 is 14.4 Å². The maximum absolute atomic E-state index is 13.0. The van der Waals surface area contributed by atoms with E-state index in [0.717, 1.165) is 43.0 Å². The van der Waals surface area contributed by atoms with Gasteiger partial charge < -0.3 is 15.2 Å².